The molecule has 4 aromatic rings. The van der Waals surface area contributed by atoms with Crippen molar-refractivity contribution in [3.8, 4) is 22.9 Å². The summed E-state index contributed by atoms with van der Waals surface area (Å²) in [5, 5.41) is 4.09. The van der Waals surface area contributed by atoms with E-state index in [0.717, 1.165) is 28.5 Å². The smallest absolute Gasteiger partial charge is 0.174 e. The van der Waals surface area contributed by atoms with Crippen LogP contribution in [-0.2, 0) is 0 Å². The van der Waals surface area contributed by atoms with Crippen molar-refractivity contribution in [2.75, 3.05) is 26.2 Å². The minimum absolute atomic E-state index is 0.188. The first-order valence-corrected chi connectivity index (χ1v) is 11.6. The molecular formula is C27H26N4O3S. The Morgan fingerprint density at radius 3 is 2.31 bits per heavy atom. The lowest BCUT2D eigenvalue weighted by molar-refractivity contribution is 0.402. The molecule has 1 aliphatic heterocycles. The number of thiocarbonyl (C=S) groups is 1. The van der Waals surface area contributed by atoms with Crippen LogP contribution in [0.15, 0.2) is 85.2 Å². The minimum Gasteiger partial charge on any atom is -0.497 e. The largest absolute Gasteiger partial charge is 0.497 e. The molecule has 8 heteroatoms. The average molecular weight is 487 g/mol. The number of methoxy groups -OCH3 is 3. The van der Waals surface area contributed by atoms with Gasteiger partial charge in [0, 0.05) is 29.8 Å². The first-order chi connectivity index (χ1) is 17.1. The topological polar surface area (TPSA) is 60.8 Å². The zero-order chi connectivity index (χ0) is 24.4. The van der Waals surface area contributed by atoms with E-state index in [0.29, 0.717) is 16.6 Å². The van der Waals surface area contributed by atoms with Gasteiger partial charge in [0.1, 0.15) is 23.3 Å². The summed E-state index contributed by atoms with van der Waals surface area (Å²) in [6.07, 6.45) is 3.85. The third kappa shape index (κ3) is 4.17. The number of aromatic nitrogens is 2. The van der Waals surface area contributed by atoms with Gasteiger partial charge in [-0.05, 0) is 72.9 Å². The van der Waals surface area contributed by atoms with Gasteiger partial charge in [0.2, 0.25) is 0 Å². The third-order valence-electron chi connectivity index (χ3n) is 6.18. The van der Waals surface area contributed by atoms with Crippen LogP contribution in [0.25, 0.3) is 5.69 Å². The highest BCUT2D eigenvalue weighted by atomic mass is 32.1. The molecule has 2 aromatic heterocycles. The molecule has 1 aliphatic rings. The van der Waals surface area contributed by atoms with Gasteiger partial charge in [-0.1, -0.05) is 6.07 Å². The Bertz CT molecular complexity index is 1320. The second kappa shape index (κ2) is 9.68. The summed E-state index contributed by atoms with van der Waals surface area (Å²) in [6.45, 7) is 0. The second-order valence-corrected chi connectivity index (χ2v) is 8.42. The van der Waals surface area contributed by atoms with E-state index in [1.807, 2.05) is 66.7 Å². The molecule has 1 fully saturated rings. The van der Waals surface area contributed by atoms with Gasteiger partial charge in [-0.25, -0.2) is 0 Å². The molecule has 2 atom stereocenters. The molecular weight excluding hydrogens is 460 g/mol. The molecule has 2 aromatic carbocycles. The minimum atomic E-state index is -0.212. The van der Waals surface area contributed by atoms with Crippen LogP contribution in [0.2, 0.25) is 0 Å². The molecule has 1 N–H and O–H groups in total. The number of pyridine rings is 1. The van der Waals surface area contributed by atoms with Crippen molar-refractivity contribution < 1.29 is 14.2 Å². The first kappa shape index (κ1) is 22.7. The average Bonchev–Trinajstić information content (AvgIpc) is 3.53. The number of hydrogen-bond acceptors (Lipinski definition) is 5. The maximum absolute atomic E-state index is 5.90. The molecule has 0 bridgehead atoms. The zero-order valence-electron chi connectivity index (χ0n) is 19.7. The van der Waals surface area contributed by atoms with Crippen molar-refractivity contribution in [3.63, 3.8) is 0 Å². The van der Waals surface area contributed by atoms with Crippen molar-refractivity contribution in [2.45, 2.75) is 12.1 Å². The Kier molecular flexibility index (Phi) is 6.29. The zero-order valence-corrected chi connectivity index (χ0v) is 20.5. The van der Waals surface area contributed by atoms with Crippen LogP contribution in [0.1, 0.15) is 23.5 Å². The molecule has 2 unspecified atom stereocenters. The Balaban J connectivity index is 1.68. The van der Waals surface area contributed by atoms with Crippen molar-refractivity contribution in [2.24, 2.45) is 0 Å². The van der Waals surface area contributed by atoms with Crippen LogP contribution in [0.4, 0.5) is 5.69 Å². The number of benzene rings is 2. The predicted octanol–water partition coefficient (Wildman–Crippen LogP) is 5.08. The van der Waals surface area contributed by atoms with E-state index in [1.54, 1.807) is 27.5 Å². The fourth-order valence-corrected chi connectivity index (χ4v) is 4.85. The summed E-state index contributed by atoms with van der Waals surface area (Å²) < 4.78 is 18.8. The summed E-state index contributed by atoms with van der Waals surface area (Å²) in [5.41, 5.74) is 3.77. The normalized spacial score (nSPS) is 17.2. The number of nitrogens with zero attached hydrogens (tertiary/aromatic N) is 3. The van der Waals surface area contributed by atoms with Crippen LogP contribution < -0.4 is 24.4 Å². The van der Waals surface area contributed by atoms with E-state index in [-0.39, 0.29) is 12.1 Å². The van der Waals surface area contributed by atoms with Crippen LogP contribution in [0, 0.1) is 0 Å². The maximum Gasteiger partial charge on any atom is 0.174 e. The molecule has 0 amide bonds. The van der Waals surface area contributed by atoms with E-state index in [9.17, 15) is 0 Å². The first-order valence-electron chi connectivity index (χ1n) is 11.2. The summed E-state index contributed by atoms with van der Waals surface area (Å²) in [7, 11) is 4.97. The van der Waals surface area contributed by atoms with Crippen molar-refractivity contribution in [1.29, 1.82) is 0 Å². The van der Waals surface area contributed by atoms with Crippen molar-refractivity contribution >= 4 is 23.0 Å². The Morgan fingerprint density at radius 1 is 0.857 bits per heavy atom. The Morgan fingerprint density at radius 2 is 1.63 bits per heavy atom. The van der Waals surface area contributed by atoms with Crippen molar-refractivity contribution in [3.05, 3.63) is 96.6 Å². The van der Waals surface area contributed by atoms with Crippen LogP contribution >= 0.6 is 12.2 Å². The SMILES string of the molecule is COc1ccc(-n2cccc2C2C(c3ccccn3)NC(=S)N2c2cc(OC)ccc2OC)cc1. The Hall–Kier alpha value is -4.04. The summed E-state index contributed by atoms with van der Waals surface area (Å²) in [6, 6.07) is 23.4. The molecule has 7 nitrogen and oxygen atoms in total. The molecule has 0 saturated carbocycles. The Labute approximate surface area is 209 Å². The number of anilines is 1. The molecule has 0 radical (unpaired) electrons. The number of hydrogen-bond donors (Lipinski definition) is 1. The summed E-state index contributed by atoms with van der Waals surface area (Å²) in [4.78, 5) is 6.74. The summed E-state index contributed by atoms with van der Waals surface area (Å²) in [5.74, 6) is 2.22. The van der Waals surface area contributed by atoms with Gasteiger partial charge < -0.3 is 29.0 Å². The lowest BCUT2D eigenvalue weighted by Gasteiger charge is -2.30. The standard InChI is InChI=1S/C27H26N4O3S/c1-32-19-11-9-18(10-12-19)30-16-6-8-22(30)26-25(21-7-4-5-15-28-21)29-27(35)31(26)23-17-20(33-2)13-14-24(23)34-3/h4-17,25-26H,1-3H3,(H,29,35). The van der Waals surface area contributed by atoms with Crippen LogP contribution in [0.3, 0.4) is 0 Å². The number of nitrogens with one attached hydrogen (secondary N) is 1. The third-order valence-corrected chi connectivity index (χ3v) is 6.49. The fourth-order valence-electron chi connectivity index (χ4n) is 4.51. The molecule has 35 heavy (non-hydrogen) atoms. The van der Waals surface area contributed by atoms with Gasteiger partial charge in [-0.2, -0.15) is 0 Å². The van der Waals surface area contributed by atoms with Gasteiger partial charge >= 0.3 is 0 Å². The van der Waals surface area contributed by atoms with Gasteiger partial charge in [0.05, 0.1) is 38.8 Å². The van der Waals surface area contributed by atoms with Gasteiger partial charge in [0.15, 0.2) is 5.11 Å². The lowest BCUT2D eigenvalue weighted by atomic mass is 10.0. The van der Waals surface area contributed by atoms with Gasteiger partial charge in [0.25, 0.3) is 0 Å². The van der Waals surface area contributed by atoms with Crippen LogP contribution in [0.5, 0.6) is 17.2 Å². The molecule has 5 rings (SSSR count). The number of rotatable bonds is 7. The quantitative estimate of drug-likeness (QED) is 0.366. The lowest BCUT2D eigenvalue weighted by Crippen LogP contribution is -2.30. The molecule has 0 aliphatic carbocycles. The number of ether oxygens (including phenoxy) is 3. The van der Waals surface area contributed by atoms with Gasteiger partial charge in [-0.3, -0.25) is 4.98 Å². The summed E-state index contributed by atoms with van der Waals surface area (Å²) >= 11 is 5.90. The van der Waals surface area contributed by atoms with Crippen molar-refractivity contribution in [1.82, 2.24) is 14.9 Å². The monoisotopic (exact) mass is 486 g/mol. The molecule has 1 saturated heterocycles. The van der Waals surface area contributed by atoms with E-state index < -0.39 is 0 Å². The molecule has 0 spiro atoms. The maximum atomic E-state index is 5.90. The van der Waals surface area contributed by atoms with E-state index in [2.05, 4.69) is 32.0 Å². The van der Waals surface area contributed by atoms with E-state index in [1.165, 1.54) is 0 Å². The van der Waals surface area contributed by atoms with Gasteiger partial charge in [-0.15, -0.1) is 0 Å². The molecule has 178 valence electrons. The highest BCUT2D eigenvalue weighted by Gasteiger charge is 2.43. The van der Waals surface area contributed by atoms with Crippen LogP contribution in [-0.4, -0.2) is 36.0 Å². The fraction of sp³-hybridized carbons (Fsp3) is 0.185. The second-order valence-electron chi connectivity index (χ2n) is 8.04. The van der Waals surface area contributed by atoms with E-state index in [4.69, 9.17) is 26.4 Å². The highest BCUT2D eigenvalue weighted by Crippen LogP contribution is 2.46. The molecule has 3 heterocycles. The predicted molar refractivity (Wildman–Crippen MR) is 140 cm³/mol. The highest BCUT2D eigenvalue weighted by molar-refractivity contribution is 7.80. The van der Waals surface area contributed by atoms with E-state index >= 15 is 0 Å².